The van der Waals surface area contributed by atoms with Gasteiger partial charge in [0.15, 0.2) is 17.2 Å². The first-order valence-corrected chi connectivity index (χ1v) is 12.8. The summed E-state index contributed by atoms with van der Waals surface area (Å²) in [6, 6.07) is 28.6. The van der Waals surface area contributed by atoms with Crippen LogP contribution in [0.4, 0.5) is 11.4 Å². The average molecular weight is 519 g/mol. The van der Waals surface area contributed by atoms with E-state index in [-0.39, 0.29) is 10.6 Å². The quantitative estimate of drug-likeness (QED) is 0.305. The second-order valence-corrected chi connectivity index (χ2v) is 9.69. The lowest BCUT2D eigenvalue weighted by Gasteiger charge is -2.25. The number of amides is 1. The lowest BCUT2D eigenvalue weighted by Crippen LogP contribution is -2.38. The third-order valence-corrected chi connectivity index (χ3v) is 7.19. The fourth-order valence-electron chi connectivity index (χ4n) is 3.61. The molecule has 0 unspecified atom stereocenters. The van der Waals surface area contributed by atoms with Crippen molar-refractivity contribution < 1.29 is 27.4 Å². The zero-order chi connectivity index (χ0) is 26.3. The third-order valence-electron chi connectivity index (χ3n) is 5.41. The molecule has 0 aliphatic rings. The molecule has 9 heteroatoms. The lowest BCUT2D eigenvalue weighted by atomic mass is 10.2. The van der Waals surface area contributed by atoms with Crippen LogP contribution in [0.5, 0.6) is 23.0 Å². The minimum atomic E-state index is -4.10. The van der Waals surface area contributed by atoms with E-state index < -0.39 is 22.5 Å². The Hall–Kier alpha value is -4.50. The molecule has 0 spiro atoms. The van der Waals surface area contributed by atoms with Crippen molar-refractivity contribution in [2.75, 3.05) is 30.4 Å². The fourth-order valence-corrected chi connectivity index (χ4v) is 5.04. The highest BCUT2D eigenvalue weighted by Gasteiger charge is 2.28. The van der Waals surface area contributed by atoms with Crippen molar-refractivity contribution in [2.45, 2.75) is 4.90 Å². The Morgan fingerprint density at radius 2 is 1.38 bits per heavy atom. The molecule has 0 atom stereocenters. The number of carbonyl (C=O) groups is 1. The topological polar surface area (TPSA) is 94.2 Å². The van der Waals surface area contributed by atoms with E-state index in [0.717, 1.165) is 4.31 Å². The van der Waals surface area contributed by atoms with Crippen LogP contribution in [0.15, 0.2) is 108 Å². The number of nitrogens with zero attached hydrogens (tertiary/aromatic N) is 1. The van der Waals surface area contributed by atoms with Crippen LogP contribution in [0.2, 0.25) is 0 Å². The lowest BCUT2D eigenvalue weighted by molar-refractivity contribution is -0.114. The van der Waals surface area contributed by atoms with Gasteiger partial charge in [-0.15, -0.1) is 0 Å². The van der Waals surface area contributed by atoms with Crippen molar-refractivity contribution in [2.24, 2.45) is 0 Å². The number of anilines is 2. The molecule has 0 saturated carbocycles. The number of methoxy groups -OCH3 is 2. The summed E-state index contributed by atoms with van der Waals surface area (Å²) in [5.41, 5.74) is 0.645. The van der Waals surface area contributed by atoms with Crippen LogP contribution in [0.1, 0.15) is 0 Å². The van der Waals surface area contributed by atoms with Crippen LogP contribution in [0.25, 0.3) is 0 Å². The largest absolute Gasteiger partial charge is 0.493 e. The highest BCUT2D eigenvalue weighted by Crippen LogP contribution is 2.34. The van der Waals surface area contributed by atoms with E-state index >= 15 is 0 Å². The Balaban J connectivity index is 1.65. The van der Waals surface area contributed by atoms with Crippen LogP contribution in [0, 0.1) is 0 Å². The van der Waals surface area contributed by atoms with Crippen LogP contribution >= 0.6 is 0 Å². The van der Waals surface area contributed by atoms with Gasteiger partial charge in [0.05, 0.1) is 30.5 Å². The molecule has 0 saturated heterocycles. The number of hydrogen-bond donors (Lipinski definition) is 1. The van der Waals surface area contributed by atoms with E-state index in [2.05, 4.69) is 5.32 Å². The first kappa shape index (κ1) is 25.6. The van der Waals surface area contributed by atoms with E-state index in [1.807, 2.05) is 18.2 Å². The summed E-state index contributed by atoms with van der Waals surface area (Å²) in [6.07, 6.45) is 0. The summed E-state index contributed by atoms with van der Waals surface area (Å²) in [6.45, 7) is -0.494. The van der Waals surface area contributed by atoms with Gasteiger partial charge in [0.1, 0.15) is 12.3 Å². The Morgan fingerprint density at radius 3 is 2.05 bits per heavy atom. The number of hydrogen-bond acceptors (Lipinski definition) is 6. The van der Waals surface area contributed by atoms with Crippen molar-refractivity contribution in [3.8, 4) is 23.0 Å². The number of ether oxygens (including phenoxy) is 3. The second-order valence-electron chi connectivity index (χ2n) is 7.82. The van der Waals surface area contributed by atoms with Crippen molar-refractivity contribution in [3.05, 3.63) is 103 Å². The molecule has 1 N–H and O–H groups in total. The van der Waals surface area contributed by atoms with Gasteiger partial charge in [-0.1, -0.05) is 48.5 Å². The maximum atomic E-state index is 13.6. The Morgan fingerprint density at radius 1 is 0.757 bits per heavy atom. The van der Waals surface area contributed by atoms with E-state index in [0.29, 0.717) is 28.7 Å². The molecule has 190 valence electrons. The predicted octanol–water partition coefficient (Wildman–Crippen LogP) is 5.33. The van der Waals surface area contributed by atoms with E-state index in [1.165, 1.54) is 32.4 Å². The van der Waals surface area contributed by atoms with Gasteiger partial charge in [-0.3, -0.25) is 9.10 Å². The molecular formula is C28H26N2O6S. The third kappa shape index (κ3) is 6.02. The summed E-state index contributed by atoms with van der Waals surface area (Å²) >= 11 is 0. The zero-order valence-electron chi connectivity index (χ0n) is 20.3. The summed E-state index contributed by atoms with van der Waals surface area (Å²) in [7, 11) is -1.16. The van der Waals surface area contributed by atoms with Crippen molar-refractivity contribution >= 4 is 27.3 Å². The molecule has 0 radical (unpaired) electrons. The average Bonchev–Trinajstić information content (AvgIpc) is 2.93. The number of benzene rings is 4. The van der Waals surface area contributed by atoms with Gasteiger partial charge < -0.3 is 19.5 Å². The fraction of sp³-hybridized carbons (Fsp3) is 0.107. The van der Waals surface area contributed by atoms with E-state index in [1.54, 1.807) is 66.7 Å². The molecule has 0 aliphatic heterocycles. The van der Waals surface area contributed by atoms with Crippen LogP contribution in [0.3, 0.4) is 0 Å². The molecule has 0 aromatic heterocycles. The first-order valence-electron chi connectivity index (χ1n) is 11.3. The van der Waals surface area contributed by atoms with Gasteiger partial charge in [-0.25, -0.2) is 8.42 Å². The number of sulfonamides is 1. The van der Waals surface area contributed by atoms with Gasteiger partial charge in [-0.05, 0) is 48.5 Å². The van der Waals surface area contributed by atoms with Crippen LogP contribution in [-0.4, -0.2) is 35.1 Å². The molecule has 0 fully saturated rings. The normalized spacial score (nSPS) is 10.9. The molecule has 4 aromatic carbocycles. The maximum absolute atomic E-state index is 13.6. The molecule has 0 heterocycles. The van der Waals surface area contributed by atoms with E-state index in [9.17, 15) is 13.2 Å². The molecule has 4 aromatic rings. The van der Waals surface area contributed by atoms with Crippen molar-refractivity contribution in [3.63, 3.8) is 0 Å². The molecule has 37 heavy (non-hydrogen) atoms. The monoisotopic (exact) mass is 518 g/mol. The Bertz CT molecular complexity index is 1460. The molecule has 1 amide bonds. The number of nitrogens with one attached hydrogen (secondary N) is 1. The standard InChI is InChI=1S/C28H26N2O6S/c1-34-26-18-17-21(19-27(26)35-2)30(37(32,33)23-13-7-4-8-14-23)20-28(31)29-24-15-9-10-16-25(24)36-22-11-5-3-6-12-22/h3-19H,20H2,1-2H3,(H,29,31). The summed E-state index contributed by atoms with van der Waals surface area (Å²) in [5, 5.41) is 2.78. The minimum Gasteiger partial charge on any atom is -0.493 e. The maximum Gasteiger partial charge on any atom is 0.264 e. The number of rotatable bonds is 10. The van der Waals surface area contributed by atoms with Gasteiger partial charge in [0.25, 0.3) is 10.0 Å². The highest BCUT2D eigenvalue weighted by molar-refractivity contribution is 7.92. The molecule has 0 bridgehead atoms. The number of para-hydroxylation sites is 3. The van der Waals surface area contributed by atoms with Gasteiger partial charge in [-0.2, -0.15) is 0 Å². The second kappa shape index (κ2) is 11.5. The molecular weight excluding hydrogens is 492 g/mol. The SMILES string of the molecule is COc1ccc(N(CC(=O)Nc2ccccc2Oc2ccccc2)S(=O)(=O)c2ccccc2)cc1OC. The summed E-state index contributed by atoms with van der Waals surface area (Å²) < 4.78 is 44.8. The summed E-state index contributed by atoms with van der Waals surface area (Å²) in [4.78, 5) is 13.3. The van der Waals surface area contributed by atoms with E-state index in [4.69, 9.17) is 14.2 Å². The first-order chi connectivity index (χ1) is 17.9. The van der Waals surface area contributed by atoms with Gasteiger partial charge >= 0.3 is 0 Å². The Kier molecular flexibility index (Phi) is 7.95. The van der Waals surface area contributed by atoms with Crippen molar-refractivity contribution in [1.29, 1.82) is 0 Å². The highest BCUT2D eigenvalue weighted by atomic mass is 32.2. The number of carbonyl (C=O) groups excluding carboxylic acids is 1. The smallest absolute Gasteiger partial charge is 0.264 e. The zero-order valence-corrected chi connectivity index (χ0v) is 21.1. The van der Waals surface area contributed by atoms with Gasteiger partial charge in [0.2, 0.25) is 5.91 Å². The molecule has 0 aliphatic carbocycles. The Labute approximate surface area is 216 Å². The van der Waals surface area contributed by atoms with Crippen molar-refractivity contribution in [1.82, 2.24) is 0 Å². The molecule has 8 nitrogen and oxygen atoms in total. The van der Waals surface area contributed by atoms with Gasteiger partial charge in [0, 0.05) is 6.07 Å². The van der Waals surface area contributed by atoms with Crippen LogP contribution < -0.4 is 23.8 Å². The predicted molar refractivity (Wildman–Crippen MR) is 142 cm³/mol. The minimum absolute atomic E-state index is 0.0467. The van der Waals surface area contributed by atoms with Crippen LogP contribution in [-0.2, 0) is 14.8 Å². The molecule has 4 rings (SSSR count). The summed E-state index contributed by atoms with van der Waals surface area (Å²) in [5.74, 6) is 1.22.